The molecule has 0 radical (unpaired) electrons. The third-order valence-electron chi connectivity index (χ3n) is 2.58. The van der Waals surface area contributed by atoms with Gasteiger partial charge in [0.15, 0.2) is 5.75 Å². The zero-order chi connectivity index (χ0) is 15.3. The van der Waals surface area contributed by atoms with Crippen LogP contribution < -0.4 is 10.5 Å². The molecule has 1 aromatic carbocycles. The van der Waals surface area contributed by atoms with E-state index in [4.69, 9.17) is 15.2 Å². The van der Waals surface area contributed by atoms with Crippen LogP contribution in [-0.2, 0) is 9.53 Å². The van der Waals surface area contributed by atoms with E-state index < -0.39 is 16.4 Å². The summed E-state index contributed by atoms with van der Waals surface area (Å²) in [5, 5.41) is 10.9. The van der Waals surface area contributed by atoms with Crippen LogP contribution in [0.25, 0.3) is 0 Å². The molecule has 1 atom stereocenters. The Labute approximate surface area is 116 Å². The molecule has 2 N–H and O–H groups in total. The summed E-state index contributed by atoms with van der Waals surface area (Å²) in [7, 11) is 0. The van der Waals surface area contributed by atoms with Crippen molar-refractivity contribution >= 4 is 11.7 Å². The van der Waals surface area contributed by atoms with Gasteiger partial charge in [0.25, 0.3) is 0 Å². The molecular formula is C13H18N2O5. The Balaban J connectivity index is 2.86. The van der Waals surface area contributed by atoms with E-state index in [2.05, 4.69) is 0 Å². The molecule has 1 aromatic rings. The number of hydrogen-bond acceptors (Lipinski definition) is 6. The van der Waals surface area contributed by atoms with Crippen LogP contribution in [0.5, 0.6) is 5.75 Å². The van der Waals surface area contributed by atoms with Crippen molar-refractivity contribution in [2.45, 2.75) is 26.3 Å². The van der Waals surface area contributed by atoms with Crippen LogP contribution >= 0.6 is 0 Å². The highest BCUT2D eigenvalue weighted by atomic mass is 16.6. The first kappa shape index (κ1) is 15.9. The van der Waals surface area contributed by atoms with Crippen LogP contribution in [0.2, 0.25) is 0 Å². The number of nitro benzene ring substituents is 1. The lowest BCUT2D eigenvalue weighted by Gasteiger charge is -2.22. The smallest absolute Gasteiger partial charge is 0.329 e. The van der Waals surface area contributed by atoms with Crippen LogP contribution in [-0.4, -0.2) is 29.6 Å². The standard InChI is InChI=1S/C13H18N2O5/c1-4-19-12(16)13(3,14)8-20-11-7-9(2)5-6-10(11)15(17)18/h5-7H,4,8,14H2,1-3H3. The van der Waals surface area contributed by atoms with Crippen LogP contribution in [0.4, 0.5) is 5.69 Å². The molecule has 0 fully saturated rings. The van der Waals surface area contributed by atoms with Crippen LogP contribution in [0, 0.1) is 17.0 Å². The number of nitro groups is 1. The van der Waals surface area contributed by atoms with E-state index in [0.717, 1.165) is 5.56 Å². The number of rotatable bonds is 6. The van der Waals surface area contributed by atoms with Gasteiger partial charge in [-0.15, -0.1) is 0 Å². The molecule has 110 valence electrons. The minimum Gasteiger partial charge on any atom is -0.484 e. The molecule has 20 heavy (non-hydrogen) atoms. The fourth-order valence-corrected chi connectivity index (χ4v) is 1.47. The predicted molar refractivity (Wildman–Crippen MR) is 72.6 cm³/mol. The van der Waals surface area contributed by atoms with Gasteiger partial charge in [-0.05, 0) is 32.4 Å². The number of benzene rings is 1. The second kappa shape index (κ2) is 6.33. The van der Waals surface area contributed by atoms with E-state index >= 15 is 0 Å². The third-order valence-corrected chi connectivity index (χ3v) is 2.58. The Morgan fingerprint density at radius 3 is 2.70 bits per heavy atom. The molecular weight excluding hydrogens is 264 g/mol. The molecule has 0 aromatic heterocycles. The summed E-state index contributed by atoms with van der Waals surface area (Å²) >= 11 is 0. The average Bonchev–Trinajstić information content (AvgIpc) is 2.36. The van der Waals surface area contributed by atoms with E-state index in [1.54, 1.807) is 19.9 Å². The number of ether oxygens (including phenoxy) is 2. The number of nitrogens with zero attached hydrogens (tertiary/aromatic N) is 1. The lowest BCUT2D eigenvalue weighted by molar-refractivity contribution is -0.385. The van der Waals surface area contributed by atoms with Gasteiger partial charge in [-0.2, -0.15) is 0 Å². The zero-order valence-electron chi connectivity index (χ0n) is 11.7. The Morgan fingerprint density at radius 2 is 2.15 bits per heavy atom. The number of aryl methyl sites for hydroxylation is 1. The molecule has 0 bridgehead atoms. The maximum Gasteiger partial charge on any atom is 0.329 e. The fourth-order valence-electron chi connectivity index (χ4n) is 1.47. The summed E-state index contributed by atoms with van der Waals surface area (Å²) in [6.07, 6.45) is 0. The monoisotopic (exact) mass is 282 g/mol. The van der Waals surface area contributed by atoms with Crippen molar-refractivity contribution in [2.24, 2.45) is 5.73 Å². The van der Waals surface area contributed by atoms with Gasteiger partial charge in [0.05, 0.1) is 11.5 Å². The van der Waals surface area contributed by atoms with Gasteiger partial charge < -0.3 is 15.2 Å². The summed E-state index contributed by atoms with van der Waals surface area (Å²) in [5.74, 6) is -0.536. The number of esters is 1. The van der Waals surface area contributed by atoms with Crippen molar-refractivity contribution in [1.82, 2.24) is 0 Å². The largest absolute Gasteiger partial charge is 0.484 e. The van der Waals surface area contributed by atoms with Crippen LogP contribution in [0.15, 0.2) is 18.2 Å². The zero-order valence-corrected chi connectivity index (χ0v) is 11.7. The van der Waals surface area contributed by atoms with Gasteiger partial charge in [-0.1, -0.05) is 6.07 Å². The molecule has 1 rings (SSSR count). The normalized spacial score (nSPS) is 13.4. The molecule has 0 aliphatic heterocycles. The molecule has 0 heterocycles. The first-order valence-corrected chi connectivity index (χ1v) is 6.12. The lowest BCUT2D eigenvalue weighted by Crippen LogP contribution is -2.51. The minimum absolute atomic E-state index is 0.0796. The highest BCUT2D eigenvalue weighted by molar-refractivity contribution is 5.80. The van der Waals surface area contributed by atoms with Gasteiger partial charge in [0.2, 0.25) is 0 Å². The molecule has 0 saturated carbocycles. The van der Waals surface area contributed by atoms with Crippen molar-refractivity contribution in [2.75, 3.05) is 13.2 Å². The first-order chi connectivity index (χ1) is 9.27. The molecule has 0 spiro atoms. The maximum absolute atomic E-state index is 11.6. The topological polar surface area (TPSA) is 105 Å². The van der Waals surface area contributed by atoms with E-state index in [1.165, 1.54) is 19.1 Å². The summed E-state index contributed by atoms with van der Waals surface area (Å²) in [5.41, 5.74) is 5.06. The second-order valence-electron chi connectivity index (χ2n) is 4.65. The van der Waals surface area contributed by atoms with Crippen LogP contribution in [0.3, 0.4) is 0 Å². The lowest BCUT2D eigenvalue weighted by atomic mass is 10.1. The third kappa shape index (κ3) is 3.92. The van der Waals surface area contributed by atoms with Gasteiger partial charge in [0, 0.05) is 6.07 Å². The predicted octanol–water partition coefficient (Wildman–Crippen LogP) is 1.56. The quantitative estimate of drug-likeness (QED) is 0.482. The maximum atomic E-state index is 11.6. The second-order valence-corrected chi connectivity index (χ2v) is 4.65. The molecule has 7 heteroatoms. The molecule has 0 amide bonds. The van der Waals surface area contributed by atoms with Gasteiger partial charge in [-0.3, -0.25) is 10.1 Å². The Bertz CT molecular complexity index is 513. The van der Waals surface area contributed by atoms with Crippen molar-refractivity contribution in [3.63, 3.8) is 0 Å². The molecule has 0 saturated heterocycles. The Hall–Kier alpha value is -2.15. The van der Waals surface area contributed by atoms with Gasteiger partial charge >= 0.3 is 11.7 Å². The van der Waals surface area contributed by atoms with E-state index in [0.29, 0.717) is 0 Å². The number of carbonyl (C=O) groups is 1. The Morgan fingerprint density at radius 1 is 1.50 bits per heavy atom. The molecule has 0 aliphatic carbocycles. The highest BCUT2D eigenvalue weighted by Crippen LogP contribution is 2.28. The summed E-state index contributed by atoms with van der Waals surface area (Å²) < 4.78 is 10.2. The SMILES string of the molecule is CCOC(=O)C(C)(N)COc1cc(C)ccc1[N+](=O)[O-]. The molecule has 7 nitrogen and oxygen atoms in total. The molecule has 1 unspecified atom stereocenters. The summed E-state index contributed by atoms with van der Waals surface area (Å²) in [6, 6.07) is 4.49. The summed E-state index contributed by atoms with van der Waals surface area (Å²) in [6.45, 7) is 4.89. The number of carbonyl (C=O) groups excluding carboxylic acids is 1. The van der Waals surface area contributed by atoms with Crippen LogP contribution in [0.1, 0.15) is 19.4 Å². The fraction of sp³-hybridized carbons (Fsp3) is 0.462. The van der Waals surface area contributed by atoms with E-state index in [9.17, 15) is 14.9 Å². The highest BCUT2D eigenvalue weighted by Gasteiger charge is 2.32. The first-order valence-electron chi connectivity index (χ1n) is 6.12. The van der Waals surface area contributed by atoms with E-state index in [-0.39, 0.29) is 24.7 Å². The average molecular weight is 282 g/mol. The Kier molecular flexibility index (Phi) is 5.04. The van der Waals surface area contributed by atoms with Crippen molar-refractivity contribution < 1.29 is 19.2 Å². The van der Waals surface area contributed by atoms with Crippen molar-refractivity contribution in [3.8, 4) is 5.75 Å². The van der Waals surface area contributed by atoms with Gasteiger partial charge in [-0.25, -0.2) is 4.79 Å². The molecule has 0 aliphatic rings. The van der Waals surface area contributed by atoms with E-state index in [1.807, 2.05) is 0 Å². The number of nitrogens with two attached hydrogens (primary N) is 1. The minimum atomic E-state index is -1.37. The van der Waals surface area contributed by atoms with Gasteiger partial charge in [0.1, 0.15) is 12.1 Å². The van der Waals surface area contributed by atoms with Crippen molar-refractivity contribution in [1.29, 1.82) is 0 Å². The van der Waals surface area contributed by atoms with Crippen molar-refractivity contribution in [3.05, 3.63) is 33.9 Å². The summed E-state index contributed by atoms with van der Waals surface area (Å²) in [4.78, 5) is 22.0. The number of hydrogen-bond donors (Lipinski definition) is 1.